The molecule has 0 spiro atoms. The van der Waals surface area contributed by atoms with E-state index in [1.54, 1.807) is 12.1 Å². The Balaban J connectivity index is 1.35. The van der Waals surface area contributed by atoms with Crippen molar-refractivity contribution in [1.29, 1.82) is 0 Å². The van der Waals surface area contributed by atoms with Crippen LogP contribution in [0.3, 0.4) is 0 Å². The van der Waals surface area contributed by atoms with Crippen molar-refractivity contribution in [1.82, 2.24) is 10.2 Å². The molecule has 2 heterocycles. The van der Waals surface area contributed by atoms with Crippen LogP contribution in [-0.4, -0.2) is 30.9 Å². The van der Waals surface area contributed by atoms with E-state index in [4.69, 9.17) is 11.6 Å². The Hall–Kier alpha value is -1.96. The number of anilines is 1. The van der Waals surface area contributed by atoms with Crippen LogP contribution in [0.5, 0.6) is 5.75 Å². The molecule has 2 aromatic rings. The zero-order valence-corrected chi connectivity index (χ0v) is 17.3. The molecule has 1 fully saturated rings. The quantitative estimate of drug-likeness (QED) is 0.651. The molecule has 2 aromatic carbocycles. The number of ether oxygens (including phenoxy) is 1. The molecule has 8 heteroatoms. The predicted octanol–water partition coefficient (Wildman–Crippen LogP) is 5.17. The summed E-state index contributed by atoms with van der Waals surface area (Å²) in [6.07, 6.45) is -2.30. The van der Waals surface area contributed by atoms with E-state index in [9.17, 15) is 13.2 Å². The first-order valence-electron chi connectivity index (χ1n) is 10.2. The maximum atomic E-state index is 12.3. The summed E-state index contributed by atoms with van der Waals surface area (Å²) in [7, 11) is 0. The fraction of sp³-hybridized carbons (Fsp3) is 0.455. The smallest absolute Gasteiger partial charge is 0.406 e. The number of fused-ring (bicyclic) bond motifs is 1. The Morgan fingerprint density at radius 2 is 1.83 bits per heavy atom. The third kappa shape index (κ3) is 5.59. The SMILES string of the molecule is FC(F)(F)Oc1ccc(CN2Cc3cc(NCC4CCNCC4)cc(Cl)c3C2)cc1. The number of rotatable bonds is 6. The van der Waals surface area contributed by atoms with Gasteiger partial charge in [-0.05, 0) is 72.8 Å². The monoisotopic (exact) mass is 439 g/mol. The van der Waals surface area contributed by atoms with Gasteiger partial charge in [0.1, 0.15) is 5.75 Å². The van der Waals surface area contributed by atoms with E-state index < -0.39 is 6.36 Å². The van der Waals surface area contributed by atoms with Crippen molar-refractivity contribution in [2.24, 2.45) is 5.92 Å². The summed E-state index contributed by atoms with van der Waals surface area (Å²) in [5.41, 5.74) is 4.30. The first-order chi connectivity index (χ1) is 14.4. The Labute approximate surface area is 179 Å². The molecule has 4 nitrogen and oxygen atoms in total. The van der Waals surface area contributed by atoms with Gasteiger partial charge in [-0.15, -0.1) is 13.2 Å². The van der Waals surface area contributed by atoms with Gasteiger partial charge in [0, 0.05) is 36.9 Å². The lowest BCUT2D eigenvalue weighted by Gasteiger charge is -2.23. The van der Waals surface area contributed by atoms with Crippen LogP contribution >= 0.6 is 11.6 Å². The van der Waals surface area contributed by atoms with Gasteiger partial charge in [-0.3, -0.25) is 4.90 Å². The van der Waals surface area contributed by atoms with Crippen LogP contribution < -0.4 is 15.4 Å². The molecule has 2 aliphatic rings. The maximum Gasteiger partial charge on any atom is 0.573 e. The second-order valence-electron chi connectivity index (χ2n) is 8.01. The molecule has 2 aliphatic heterocycles. The highest BCUT2D eigenvalue weighted by molar-refractivity contribution is 6.31. The topological polar surface area (TPSA) is 36.5 Å². The lowest BCUT2D eigenvalue weighted by molar-refractivity contribution is -0.274. The zero-order chi connectivity index (χ0) is 21.1. The Bertz CT molecular complexity index is 867. The Morgan fingerprint density at radius 1 is 1.10 bits per heavy atom. The van der Waals surface area contributed by atoms with E-state index in [0.29, 0.717) is 12.5 Å². The second-order valence-corrected chi connectivity index (χ2v) is 8.41. The maximum absolute atomic E-state index is 12.3. The van der Waals surface area contributed by atoms with Crippen molar-refractivity contribution in [2.45, 2.75) is 38.8 Å². The van der Waals surface area contributed by atoms with Gasteiger partial charge in [0.05, 0.1) is 0 Å². The van der Waals surface area contributed by atoms with Crippen molar-refractivity contribution in [3.63, 3.8) is 0 Å². The molecule has 2 N–H and O–H groups in total. The molecule has 0 atom stereocenters. The standard InChI is InChI=1S/C22H25ClF3N3O/c23-21-10-18(28-11-15-5-7-27-8-6-15)9-17-13-29(14-20(17)21)12-16-1-3-19(4-2-16)30-22(24,25)26/h1-4,9-10,15,27-28H,5-8,11-14H2. The molecule has 0 unspecified atom stereocenters. The van der Waals surface area contributed by atoms with E-state index in [0.717, 1.165) is 54.6 Å². The molecule has 0 aliphatic carbocycles. The van der Waals surface area contributed by atoms with E-state index in [2.05, 4.69) is 26.3 Å². The normalized spacial score (nSPS) is 17.7. The van der Waals surface area contributed by atoms with Gasteiger partial charge >= 0.3 is 6.36 Å². The first-order valence-corrected chi connectivity index (χ1v) is 10.6. The predicted molar refractivity (Wildman–Crippen MR) is 112 cm³/mol. The van der Waals surface area contributed by atoms with E-state index in [1.165, 1.54) is 30.5 Å². The van der Waals surface area contributed by atoms with Crippen LogP contribution in [-0.2, 0) is 19.6 Å². The fourth-order valence-electron chi connectivity index (χ4n) is 4.15. The van der Waals surface area contributed by atoms with E-state index in [1.807, 2.05) is 6.07 Å². The highest BCUT2D eigenvalue weighted by Gasteiger charge is 2.31. The van der Waals surface area contributed by atoms with Crippen LogP contribution in [0.2, 0.25) is 5.02 Å². The zero-order valence-electron chi connectivity index (χ0n) is 16.6. The molecule has 30 heavy (non-hydrogen) atoms. The highest BCUT2D eigenvalue weighted by Crippen LogP contribution is 2.34. The van der Waals surface area contributed by atoms with Crippen molar-refractivity contribution in [2.75, 3.05) is 25.0 Å². The minimum absolute atomic E-state index is 0.205. The summed E-state index contributed by atoms with van der Waals surface area (Å²) in [5.74, 6) is 0.475. The molecule has 162 valence electrons. The molecule has 4 rings (SSSR count). The molecule has 0 saturated carbocycles. The lowest BCUT2D eigenvalue weighted by atomic mass is 9.98. The van der Waals surface area contributed by atoms with Gasteiger partial charge in [-0.1, -0.05) is 23.7 Å². The van der Waals surface area contributed by atoms with Gasteiger partial charge in [0.15, 0.2) is 0 Å². The third-order valence-electron chi connectivity index (χ3n) is 5.68. The van der Waals surface area contributed by atoms with Crippen LogP contribution in [0.4, 0.5) is 18.9 Å². The van der Waals surface area contributed by atoms with Crippen LogP contribution in [0, 0.1) is 5.92 Å². The van der Waals surface area contributed by atoms with E-state index >= 15 is 0 Å². The van der Waals surface area contributed by atoms with Crippen molar-refractivity contribution < 1.29 is 17.9 Å². The minimum Gasteiger partial charge on any atom is -0.406 e. The fourth-order valence-corrected chi connectivity index (χ4v) is 4.45. The van der Waals surface area contributed by atoms with Gasteiger partial charge in [-0.2, -0.15) is 0 Å². The number of piperidine rings is 1. The number of halogens is 4. The number of hydrogen-bond donors (Lipinski definition) is 2. The Kier molecular flexibility index (Phi) is 6.41. The average molecular weight is 440 g/mol. The van der Waals surface area contributed by atoms with Gasteiger partial charge in [0.2, 0.25) is 0 Å². The number of nitrogens with zero attached hydrogens (tertiary/aromatic N) is 1. The van der Waals surface area contributed by atoms with Crippen LogP contribution in [0.25, 0.3) is 0 Å². The highest BCUT2D eigenvalue weighted by atomic mass is 35.5. The van der Waals surface area contributed by atoms with Crippen LogP contribution in [0.1, 0.15) is 29.5 Å². The summed E-state index contributed by atoms with van der Waals surface area (Å²) in [6.45, 7) is 5.23. The number of nitrogens with one attached hydrogen (secondary N) is 2. The van der Waals surface area contributed by atoms with Gasteiger partial charge < -0.3 is 15.4 Å². The van der Waals surface area contributed by atoms with Gasteiger partial charge in [-0.25, -0.2) is 0 Å². The molecular formula is C22H25ClF3N3O. The summed E-state index contributed by atoms with van der Waals surface area (Å²) >= 11 is 6.55. The summed E-state index contributed by atoms with van der Waals surface area (Å²) in [5, 5.41) is 7.68. The van der Waals surface area contributed by atoms with Crippen molar-refractivity contribution in [3.8, 4) is 5.75 Å². The number of benzene rings is 2. The van der Waals surface area contributed by atoms with E-state index in [-0.39, 0.29) is 5.75 Å². The molecular weight excluding hydrogens is 415 g/mol. The van der Waals surface area contributed by atoms with Gasteiger partial charge in [0.25, 0.3) is 0 Å². The second kappa shape index (κ2) is 9.04. The van der Waals surface area contributed by atoms with Crippen molar-refractivity contribution in [3.05, 3.63) is 58.1 Å². The largest absolute Gasteiger partial charge is 0.573 e. The summed E-state index contributed by atoms with van der Waals surface area (Å²) in [6, 6.07) is 10.2. The number of hydrogen-bond acceptors (Lipinski definition) is 4. The molecule has 0 aromatic heterocycles. The lowest BCUT2D eigenvalue weighted by Crippen LogP contribution is -2.31. The molecule has 0 radical (unpaired) electrons. The minimum atomic E-state index is -4.67. The third-order valence-corrected chi connectivity index (χ3v) is 6.02. The first kappa shape index (κ1) is 21.3. The molecule has 1 saturated heterocycles. The molecule has 0 amide bonds. The van der Waals surface area contributed by atoms with Crippen molar-refractivity contribution >= 4 is 17.3 Å². The molecule has 0 bridgehead atoms. The summed E-state index contributed by atoms with van der Waals surface area (Å²) < 4.78 is 40.8. The van der Waals surface area contributed by atoms with Crippen LogP contribution in [0.15, 0.2) is 36.4 Å². The average Bonchev–Trinajstić information content (AvgIpc) is 3.11. The number of alkyl halides is 3. The Morgan fingerprint density at radius 3 is 2.53 bits per heavy atom. The summed E-state index contributed by atoms with van der Waals surface area (Å²) in [4.78, 5) is 2.23.